The summed E-state index contributed by atoms with van der Waals surface area (Å²) in [6, 6.07) is 10.6. The first-order chi connectivity index (χ1) is 12.5. The molecule has 26 heavy (non-hydrogen) atoms. The Kier molecular flexibility index (Phi) is 8.15. The van der Waals surface area contributed by atoms with E-state index in [-0.39, 0.29) is 24.9 Å². The molecule has 2 N–H and O–H groups in total. The van der Waals surface area contributed by atoms with Gasteiger partial charge >= 0.3 is 6.03 Å². The smallest absolute Gasteiger partial charge is 0.319 e. The van der Waals surface area contributed by atoms with E-state index in [1.807, 2.05) is 24.3 Å². The van der Waals surface area contributed by atoms with Gasteiger partial charge in [-0.15, -0.1) is 17.9 Å². The molecule has 2 aromatic rings. The zero-order valence-corrected chi connectivity index (χ0v) is 17.2. The van der Waals surface area contributed by atoms with Gasteiger partial charge in [0.25, 0.3) is 0 Å². The van der Waals surface area contributed by atoms with Crippen LogP contribution in [0.5, 0.6) is 0 Å². The molecule has 8 heteroatoms. The number of benzene rings is 1. The van der Waals surface area contributed by atoms with Gasteiger partial charge in [0.05, 0.1) is 10.9 Å². The Morgan fingerprint density at radius 1 is 1.23 bits per heavy atom. The molecule has 1 aromatic heterocycles. The number of urea groups is 1. The Bertz CT molecular complexity index is 764. The minimum atomic E-state index is -0.347. The van der Waals surface area contributed by atoms with Gasteiger partial charge in [0.1, 0.15) is 0 Å². The topological polar surface area (TPSA) is 61.4 Å². The first-order valence-electron chi connectivity index (χ1n) is 7.91. The minimum Gasteiger partial charge on any atom is -0.337 e. The molecule has 3 amide bonds. The summed E-state index contributed by atoms with van der Waals surface area (Å²) in [6.45, 7) is 4.87. The molecular weight excluding hydrogens is 438 g/mol. The van der Waals surface area contributed by atoms with Crippen LogP contribution in [-0.2, 0) is 11.3 Å². The van der Waals surface area contributed by atoms with Crippen LogP contribution in [0, 0.1) is 0 Å². The van der Waals surface area contributed by atoms with Crippen LogP contribution in [0.25, 0.3) is 0 Å². The van der Waals surface area contributed by atoms with Crippen molar-refractivity contribution in [2.45, 2.75) is 13.0 Å². The second-order valence-electron chi connectivity index (χ2n) is 5.41. The van der Waals surface area contributed by atoms with Crippen LogP contribution < -0.4 is 10.6 Å². The number of carbonyl (C=O) groups is 2. The molecule has 1 heterocycles. The van der Waals surface area contributed by atoms with Crippen LogP contribution in [0.2, 0.25) is 4.34 Å². The highest BCUT2D eigenvalue weighted by Crippen LogP contribution is 2.23. The van der Waals surface area contributed by atoms with E-state index in [1.165, 1.54) is 11.3 Å². The number of nitrogens with zero attached hydrogens (tertiary/aromatic N) is 1. The standard InChI is InChI=1S/C18H19BrClN3O2S/c1-2-11-23(12-15-7-8-16(20)26-15)17(24)9-10-21-18(25)22-14-5-3-13(19)4-6-14/h2-8H,1,9-12H2,(H2,21,22,25). The van der Waals surface area contributed by atoms with Gasteiger partial charge < -0.3 is 15.5 Å². The lowest BCUT2D eigenvalue weighted by molar-refractivity contribution is -0.131. The molecule has 0 saturated carbocycles. The first kappa shape index (κ1) is 20.5. The van der Waals surface area contributed by atoms with Crippen LogP contribution in [0.3, 0.4) is 0 Å². The molecule has 0 saturated heterocycles. The minimum absolute atomic E-state index is 0.0571. The molecule has 0 aliphatic heterocycles. The van der Waals surface area contributed by atoms with E-state index in [4.69, 9.17) is 11.6 Å². The van der Waals surface area contributed by atoms with E-state index < -0.39 is 0 Å². The molecule has 0 unspecified atom stereocenters. The number of halogens is 2. The molecule has 1 aromatic carbocycles. The van der Waals surface area contributed by atoms with Crippen molar-refractivity contribution in [3.05, 3.63) is 62.7 Å². The lowest BCUT2D eigenvalue weighted by Gasteiger charge is -2.20. The van der Waals surface area contributed by atoms with E-state index in [1.54, 1.807) is 23.1 Å². The zero-order valence-electron chi connectivity index (χ0n) is 14.0. The number of amides is 3. The van der Waals surface area contributed by atoms with Gasteiger partial charge in [-0.2, -0.15) is 0 Å². The van der Waals surface area contributed by atoms with Crippen LogP contribution in [0.15, 0.2) is 53.5 Å². The molecule has 0 aliphatic carbocycles. The van der Waals surface area contributed by atoms with Gasteiger partial charge in [-0.05, 0) is 36.4 Å². The molecule has 0 fully saturated rings. The van der Waals surface area contributed by atoms with Crippen molar-refractivity contribution in [3.63, 3.8) is 0 Å². The summed E-state index contributed by atoms with van der Waals surface area (Å²) in [5.41, 5.74) is 0.680. The van der Waals surface area contributed by atoms with Gasteiger partial charge in [-0.3, -0.25) is 4.79 Å². The van der Waals surface area contributed by atoms with Crippen LogP contribution in [0.4, 0.5) is 10.5 Å². The third-order valence-electron chi connectivity index (χ3n) is 3.40. The summed E-state index contributed by atoms with van der Waals surface area (Å²) in [4.78, 5) is 27.0. The maximum absolute atomic E-state index is 12.4. The highest BCUT2D eigenvalue weighted by molar-refractivity contribution is 9.10. The van der Waals surface area contributed by atoms with Crippen molar-refractivity contribution >= 4 is 56.5 Å². The monoisotopic (exact) mass is 455 g/mol. The molecule has 138 valence electrons. The Hall–Kier alpha value is -1.83. The van der Waals surface area contributed by atoms with Crippen molar-refractivity contribution in [3.8, 4) is 0 Å². The molecule has 2 rings (SSSR count). The zero-order chi connectivity index (χ0) is 18.9. The number of hydrogen-bond acceptors (Lipinski definition) is 3. The predicted molar refractivity (Wildman–Crippen MR) is 111 cm³/mol. The summed E-state index contributed by atoms with van der Waals surface area (Å²) in [7, 11) is 0. The van der Waals surface area contributed by atoms with Crippen LogP contribution >= 0.6 is 38.9 Å². The number of hydrogen-bond donors (Lipinski definition) is 2. The van der Waals surface area contributed by atoms with Crippen LogP contribution in [0.1, 0.15) is 11.3 Å². The molecular formula is C18H19BrClN3O2S. The number of thiophene rings is 1. The summed E-state index contributed by atoms with van der Waals surface area (Å²) < 4.78 is 1.63. The number of anilines is 1. The quantitative estimate of drug-likeness (QED) is 0.556. The lowest BCUT2D eigenvalue weighted by Crippen LogP contribution is -2.35. The van der Waals surface area contributed by atoms with Crippen molar-refractivity contribution in [1.82, 2.24) is 10.2 Å². The molecule has 0 atom stereocenters. The Labute approximate surface area is 170 Å². The highest BCUT2D eigenvalue weighted by Gasteiger charge is 2.14. The molecule has 0 radical (unpaired) electrons. The molecule has 5 nitrogen and oxygen atoms in total. The first-order valence-corrected chi connectivity index (χ1v) is 9.90. The maximum atomic E-state index is 12.4. The third kappa shape index (κ3) is 6.82. The van der Waals surface area contributed by atoms with Crippen molar-refractivity contribution in [1.29, 1.82) is 0 Å². The van der Waals surface area contributed by atoms with E-state index in [9.17, 15) is 9.59 Å². The number of rotatable bonds is 8. The average Bonchev–Trinajstić information content (AvgIpc) is 3.01. The summed E-state index contributed by atoms with van der Waals surface area (Å²) in [5, 5.41) is 5.40. The SMILES string of the molecule is C=CCN(Cc1ccc(Cl)s1)C(=O)CCNC(=O)Nc1ccc(Br)cc1. The van der Waals surface area contributed by atoms with Crippen molar-refractivity contribution < 1.29 is 9.59 Å². The van der Waals surface area contributed by atoms with Gasteiger partial charge in [-0.25, -0.2) is 4.79 Å². The fourth-order valence-electron chi connectivity index (χ4n) is 2.18. The second kappa shape index (κ2) is 10.4. The van der Waals surface area contributed by atoms with Gasteiger partial charge in [0.15, 0.2) is 0 Å². The number of nitrogens with one attached hydrogen (secondary N) is 2. The van der Waals surface area contributed by atoms with E-state index in [0.717, 1.165) is 9.35 Å². The molecule has 0 aliphatic rings. The van der Waals surface area contributed by atoms with Crippen molar-refractivity contribution in [2.75, 3.05) is 18.4 Å². The van der Waals surface area contributed by atoms with Gasteiger partial charge in [0, 0.05) is 34.5 Å². The van der Waals surface area contributed by atoms with E-state index in [2.05, 4.69) is 33.1 Å². The van der Waals surface area contributed by atoms with E-state index >= 15 is 0 Å². The van der Waals surface area contributed by atoms with Gasteiger partial charge in [-0.1, -0.05) is 33.6 Å². The average molecular weight is 457 g/mol. The summed E-state index contributed by atoms with van der Waals surface area (Å²) in [5.74, 6) is -0.0571. The third-order valence-corrected chi connectivity index (χ3v) is 5.15. The highest BCUT2D eigenvalue weighted by atomic mass is 79.9. The largest absolute Gasteiger partial charge is 0.337 e. The molecule has 0 bridgehead atoms. The number of carbonyl (C=O) groups excluding carboxylic acids is 2. The second-order valence-corrected chi connectivity index (χ2v) is 8.12. The Morgan fingerprint density at radius 3 is 2.58 bits per heavy atom. The Balaban J connectivity index is 1.78. The fourth-order valence-corrected chi connectivity index (χ4v) is 3.55. The molecule has 0 spiro atoms. The Morgan fingerprint density at radius 2 is 1.96 bits per heavy atom. The van der Waals surface area contributed by atoms with Gasteiger partial charge in [0.2, 0.25) is 5.91 Å². The fraction of sp³-hybridized carbons (Fsp3) is 0.222. The predicted octanol–water partition coefficient (Wildman–Crippen LogP) is 4.89. The summed E-state index contributed by atoms with van der Waals surface area (Å²) in [6.07, 6.45) is 1.89. The summed E-state index contributed by atoms with van der Waals surface area (Å²) >= 11 is 10.7. The normalized spacial score (nSPS) is 10.2. The van der Waals surface area contributed by atoms with Crippen LogP contribution in [-0.4, -0.2) is 29.9 Å². The van der Waals surface area contributed by atoms with Crippen molar-refractivity contribution in [2.24, 2.45) is 0 Å². The maximum Gasteiger partial charge on any atom is 0.319 e. The lowest BCUT2D eigenvalue weighted by atomic mass is 10.3. The van der Waals surface area contributed by atoms with E-state index in [0.29, 0.717) is 23.1 Å².